The number of hydrogen-bond donors (Lipinski definition) is 1. The number of likely N-dealkylation sites (tertiary alicyclic amines) is 1. The summed E-state index contributed by atoms with van der Waals surface area (Å²) in [5.74, 6) is -0.865. The van der Waals surface area contributed by atoms with Crippen LogP contribution >= 0.6 is 12.4 Å². The van der Waals surface area contributed by atoms with Crippen molar-refractivity contribution in [2.24, 2.45) is 5.92 Å². The Bertz CT molecular complexity index is 399. The van der Waals surface area contributed by atoms with E-state index in [9.17, 15) is 8.78 Å². The van der Waals surface area contributed by atoms with E-state index in [4.69, 9.17) is 0 Å². The number of nitrogens with one attached hydrogen (secondary N) is 1. The number of nitrogens with zero attached hydrogens (tertiary/aromatic N) is 1. The van der Waals surface area contributed by atoms with Gasteiger partial charge in [0, 0.05) is 13.1 Å². The van der Waals surface area contributed by atoms with Crippen molar-refractivity contribution < 1.29 is 8.78 Å². The Hall–Kier alpha value is -0.710. The molecule has 0 aliphatic carbocycles. The molecule has 19 heavy (non-hydrogen) atoms. The first-order valence-electron chi connectivity index (χ1n) is 6.50. The monoisotopic (exact) mass is 290 g/mol. The van der Waals surface area contributed by atoms with Crippen LogP contribution in [0.5, 0.6) is 0 Å². The molecule has 1 aliphatic heterocycles. The Kier molecular flexibility index (Phi) is 6.69. The third-order valence-corrected chi connectivity index (χ3v) is 3.49. The van der Waals surface area contributed by atoms with Gasteiger partial charge in [-0.05, 0) is 56.6 Å². The molecule has 0 aromatic heterocycles. The summed E-state index contributed by atoms with van der Waals surface area (Å²) in [6, 6.07) is 4.18. The second kappa shape index (κ2) is 7.78. The van der Waals surface area contributed by atoms with Crippen LogP contribution in [0.3, 0.4) is 0 Å². The SMILES string of the molecule is CNCC1CCCN(Cc2ccc(F)c(F)c2)C1.Cl. The van der Waals surface area contributed by atoms with Gasteiger partial charge in [0.1, 0.15) is 0 Å². The number of halogens is 3. The van der Waals surface area contributed by atoms with Crippen LogP contribution in [0.2, 0.25) is 0 Å². The summed E-state index contributed by atoms with van der Waals surface area (Å²) in [7, 11) is 1.97. The Labute approximate surface area is 119 Å². The molecular weight excluding hydrogens is 270 g/mol. The van der Waals surface area contributed by atoms with E-state index in [-0.39, 0.29) is 12.4 Å². The molecule has 1 aromatic carbocycles. The van der Waals surface area contributed by atoms with Crippen molar-refractivity contribution in [3.05, 3.63) is 35.4 Å². The van der Waals surface area contributed by atoms with Crippen LogP contribution in [-0.4, -0.2) is 31.6 Å². The lowest BCUT2D eigenvalue weighted by Gasteiger charge is -2.32. The number of piperidine rings is 1. The minimum Gasteiger partial charge on any atom is -0.319 e. The van der Waals surface area contributed by atoms with E-state index in [0.717, 1.165) is 25.2 Å². The molecule has 0 bridgehead atoms. The Morgan fingerprint density at radius 2 is 2.11 bits per heavy atom. The molecule has 0 radical (unpaired) electrons. The van der Waals surface area contributed by atoms with Gasteiger partial charge in [-0.15, -0.1) is 12.4 Å². The molecule has 1 aliphatic rings. The molecule has 2 nitrogen and oxygen atoms in total. The lowest BCUT2D eigenvalue weighted by molar-refractivity contribution is 0.166. The van der Waals surface area contributed by atoms with Gasteiger partial charge in [-0.2, -0.15) is 0 Å². The minimum absolute atomic E-state index is 0. The highest BCUT2D eigenvalue weighted by atomic mass is 35.5. The molecule has 1 atom stereocenters. The standard InChI is InChI=1S/C14H20F2N2.ClH/c1-17-8-12-3-2-6-18(10-12)9-11-4-5-13(15)14(16)7-11;/h4-5,7,12,17H,2-3,6,8-10H2,1H3;1H. The molecule has 0 saturated carbocycles. The molecule has 1 heterocycles. The molecule has 1 N–H and O–H groups in total. The second-order valence-corrected chi connectivity index (χ2v) is 5.05. The zero-order valence-electron chi connectivity index (χ0n) is 11.2. The van der Waals surface area contributed by atoms with Gasteiger partial charge in [0.15, 0.2) is 11.6 Å². The second-order valence-electron chi connectivity index (χ2n) is 5.05. The molecule has 1 unspecified atom stereocenters. The van der Waals surface area contributed by atoms with Crippen LogP contribution in [0.15, 0.2) is 18.2 Å². The van der Waals surface area contributed by atoms with Gasteiger partial charge in [0.25, 0.3) is 0 Å². The molecule has 1 saturated heterocycles. The number of hydrogen-bond acceptors (Lipinski definition) is 2. The summed E-state index contributed by atoms with van der Waals surface area (Å²) >= 11 is 0. The summed E-state index contributed by atoms with van der Waals surface area (Å²) in [5.41, 5.74) is 0.846. The summed E-state index contributed by atoms with van der Waals surface area (Å²) < 4.78 is 26.0. The van der Waals surface area contributed by atoms with Gasteiger partial charge < -0.3 is 5.32 Å². The van der Waals surface area contributed by atoms with Crippen LogP contribution in [0.25, 0.3) is 0 Å². The van der Waals surface area contributed by atoms with Crippen molar-refractivity contribution in [2.75, 3.05) is 26.7 Å². The summed E-state index contributed by atoms with van der Waals surface area (Å²) in [6.45, 7) is 3.80. The normalized spacial score (nSPS) is 20.1. The molecule has 0 amide bonds. The first kappa shape index (κ1) is 16.3. The highest BCUT2D eigenvalue weighted by Crippen LogP contribution is 2.18. The lowest BCUT2D eigenvalue weighted by atomic mass is 9.97. The molecule has 0 spiro atoms. The number of rotatable bonds is 4. The number of benzene rings is 1. The van der Waals surface area contributed by atoms with Crippen molar-refractivity contribution in [2.45, 2.75) is 19.4 Å². The van der Waals surface area contributed by atoms with Crippen LogP contribution in [0.4, 0.5) is 8.78 Å². The fraction of sp³-hybridized carbons (Fsp3) is 0.571. The van der Waals surface area contributed by atoms with E-state index >= 15 is 0 Å². The van der Waals surface area contributed by atoms with Crippen molar-refractivity contribution in [1.82, 2.24) is 10.2 Å². The van der Waals surface area contributed by atoms with Crippen LogP contribution in [0, 0.1) is 17.6 Å². The quantitative estimate of drug-likeness (QED) is 0.917. The van der Waals surface area contributed by atoms with Gasteiger partial charge in [-0.3, -0.25) is 4.90 Å². The van der Waals surface area contributed by atoms with Crippen molar-refractivity contribution in [3.63, 3.8) is 0 Å². The van der Waals surface area contributed by atoms with Crippen LogP contribution in [-0.2, 0) is 6.54 Å². The molecule has 1 fully saturated rings. The first-order valence-corrected chi connectivity index (χ1v) is 6.50. The van der Waals surface area contributed by atoms with Gasteiger partial charge in [0.2, 0.25) is 0 Å². The van der Waals surface area contributed by atoms with Gasteiger partial charge in [-0.1, -0.05) is 6.07 Å². The summed E-state index contributed by atoms with van der Waals surface area (Å²) in [4.78, 5) is 2.32. The zero-order chi connectivity index (χ0) is 13.0. The van der Waals surface area contributed by atoms with Crippen LogP contribution in [0.1, 0.15) is 18.4 Å². The Morgan fingerprint density at radius 3 is 2.79 bits per heavy atom. The van der Waals surface area contributed by atoms with E-state index in [1.54, 1.807) is 6.07 Å². The van der Waals surface area contributed by atoms with Gasteiger partial charge in [0.05, 0.1) is 0 Å². The third-order valence-electron chi connectivity index (χ3n) is 3.49. The topological polar surface area (TPSA) is 15.3 Å². The molecule has 108 valence electrons. The van der Waals surface area contributed by atoms with Crippen molar-refractivity contribution in [3.8, 4) is 0 Å². The van der Waals surface area contributed by atoms with E-state index < -0.39 is 11.6 Å². The highest BCUT2D eigenvalue weighted by molar-refractivity contribution is 5.85. The molecule has 1 aromatic rings. The van der Waals surface area contributed by atoms with E-state index in [2.05, 4.69) is 10.2 Å². The molecule has 2 rings (SSSR count). The van der Waals surface area contributed by atoms with Gasteiger partial charge >= 0.3 is 0 Å². The predicted molar refractivity (Wildman–Crippen MR) is 75.5 cm³/mol. The van der Waals surface area contributed by atoms with Crippen molar-refractivity contribution >= 4 is 12.4 Å². The zero-order valence-corrected chi connectivity index (χ0v) is 12.0. The maximum absolute atomic E-state index is 13.1. The lowest BCUT2D eigenvalue weighted by Crippen LogP contribution is -2.38. The average Bonchev–Trinajstić information content (AvgIpc) is 2.35. The Balaban J connectivity index is 0.00000180. The van der Waals surface area contributed by atoms with E-state index in [1.807, 2.05) is 7.05 Å². The van der Waals surface area contributed by atoms with E-state index in [0.29, 0.717) is 12.5 Å². The maximum Gasteiger partial charge on any atom is 0.159 e. The average molecular weight is 291 g/mol. The predicted octanol–water partition coefficient (Wildman–Crippen LogP) is 2.82. The highest BCUT2D eigenvalue weighted by Gasteiger charge is 2.19. The summed E-state index contributed by atoms with van der Waals surface area (Å²) in [6.07, 6.45) is 2.42. The van der Waals surface area contributed by atoms with E-state index in [1.165, 1.54) is 25.0 Å². The molecular formula is C14H21ClF2N2. The fourth-order valence-corrected chi connectivity index (χ4v) is 2.65. The third kappa shape index (κ3) is 4.71. The first-order chi connectivity index (χ1) is 8.69. The Morgan fingerprint density at radius 1 is 1.32 bits per heavy atom. The van der Waals surface area contributed by atoms with Gasteiger partial charge in [-0.25, -0.2) is 8.78 Å². The fourth-order valence-electron chi connectivity index (χ4n) is 2.65. The van der Waals surface area contributed by atoms with Crippen molar-refractivity contribution in [1.29, 1.82) is 0 Å². The smallest absolute Gasteiger partial charge is 0.159 e. The summed E-state index contributed by atoms with van der Waals surface area (Å²) in [5, 5.41) is 3.20. The molecule has 5 heteroatoms. The largest absolute Gasteiger partial charge is 0.319 e. The minimum atomic E-state index is -0.773. The maximum atomic E-state index is 13.1. The van der Waals surface area contributed by atoms with Crippen LogP contribution < -0.4 is 5.32 Å².